The number of anilines is 1. The molecule has 0 aromatic carbocycles. The lowest BCUT2D eigenvalue weighted by Gasteiger charge is -2.33. The Bertz CT molecular complexity index is 631. The largest absolute Gasteiger partial charge is 0.479 e. The number of aliphatic carboxylic acids is 1. The number of carboxylic acids is 1. The summed E-state index contributed by atoms with van der Waals surface area (Å²) in [5.41, 5.74) is 0.838. The molecule has 0 spiro atoms. The molecular weight excluding hydrogens is 286 g/mol. The van der Waals surface area contributed by atoms with Gasteiger partial charge in [0, 0.05) is 11.4 Å². The van der Waals surface area contributed by atoms with Gasteiger partial charge in [0.1, 0.15) is 11.0 Å². The van der Waals surface area contributed by atoms with Crippen LogP contribution in [0.25, 0.3) is 0 Å². The molecule has 5 nitrogen and oxygen atoms in total. The summed E-state index contributed by atoms with van der Waals surface area (Å²) < 4.78 is 0. The first kappa shape index (κ1) is 12.4. The van der Waals surface area contributed by atoms with Crippen molar-refractivity contribution in [3.05, 3.63) is 39.4 Å². The Morgan fingerprint density at radius 2 is 2.37 bits per heavy atom. The Balaban J connectivity index is 2.05. The summed E-state index contributed by atoms with van der Waals surface area (Å²) in [5, 5.41) is 11.7. The molecule has 0 bridgehead atoms. The Hall–Kier alpha value is -1.66. The van der Waals surface area contributed by atoms with Crippen molar-refractivity contribution < 1.29 is 9.90 Å². The number of fused-ring (bicyclic) bond motifs is 1. The summed E-state index contributed by atoms with van der Waals surface area (Å²) in [5.74, 6) is -0.391. The van der Waals surface area contributed by atoms with Crippen LogP contribution in [0.5, 0.6) is 0 Å². The van der Waals surface area contributed by atoms with Crippen LogP contribution < -0.4 is 4.90 Å². The van der Waals surface area contributed by atoms with Gasteiger partial charge < -0.3 is 10.0 Å². The summed E-state index contributed by atoms with van der Waals surface area (Å²) in [7, 11) is 0. The third-order valence-corrected chi connectivity index (χ3v) is 4.27. The second-order valence-corrected chi connectivity index (χ2v) is 5.57. The number of halogens is 1. The van der Waals surface area contributed by atoms with Crippen LogP contribution in [-0.4, -0.2) is 27.6 Å². The van der Waals surface area contributed by atoms with Gasteiger partial charge >= 0.3 is 5.97 Å². The van der Waals surface area contributed by atoms with Gasteiger partial charge in [0.15, 0.2) is 6.04 Å². The van der Waals surface area contributed by atoms with Crippen LogP contribution >= 0.6 is 22.9 Å². The van der Waals surface area contributed by atoms with Crippen LogP contribution in [0.15, 0.2) is 23.8 Å². The van der Waals surface area contributed by atoms with Crippen LogP contribution in [0, 0.1) is 0 Å². The van der Waals surface area contributed by atoms with E-state index in [0.717, 1.165) is 16.9 Å². The van der Waals surface area contributed by atoms with E-state index in [4.69, 9.17) is 11.6 Å². The first-order valence-electron chi connectivity index (χ1n) is 5.70. The van der Waals surface area contributed by atoms with Crippen LogP contribution in [0.1, 0.15) is 16.5 Å². The number of carbonyl (C=O) groups is 1. The fourth-order valence-electron chi connectivity index (χ4n) is 2.30. The van der Waals surface area contributed by atoms with E-state index in [1.165, 1.54) is 6.20 Å². The van der Waals surface area contributed by atoms with Gasteiger partial charge in [0.05, 0.1) is 12.4 Å². The van der Waals surface area contributed by atoms with Crippen molar-refractivity contribution in [3.63, 3.8) is 0 Å². The fraction of sp³-hybridized carbons (Fsp3) is 0.250. The zero-order valence-corrected chi connectivity index (χ0v) is 11.4. The zero-order chi connectivity index (χ0) is 13.4. The lowest BCUT2D eigenvalue weighted by atomic mass is 10.0. The Morgan fingerprint density at radius 1 is 1.53 bits per heavy atom. The predicted octanol–water partition coefficient (Wildman–Crippen LogP) is 2.38. The lowest BCUT2D eigenvalue weighted by Crippen LogP contribution is -2.39. The first-order valence-corrected chi connectivity index (χ1v) is 6.96. The summed E-state index contributed by atoms with van der Waals surface area (Å²) in [6, 6.07) is 1.14. The molecule has 2 aromatic heterocycles. The van der Waals surface area contributed by atoms with Crippen molar-refractivity contribution in [2.45, 2.75) is 12.5 Å². The second-order valence-electron chi connectivity index (χ2n) is 4.18. The average Bonchev–Trinajstić information content (AvgIpc) is 2.85. The standard InChI is InChI=1S/C12H10ClN3O2S/c13-9-5-14-6-10(15-9)16-3-1-8-7(2-4-19-8)11(16)12(17)18/h2,4-6,11H,1,3H2,(H,17,18). The van der Waals surface area contributed by atoms with Crippen molar-refractivity contribution in [1.82, 2.24) is 9.97 Å². The van der Waals surface area contributed by atoms with Crippen LogP contribution in [0.3, 0.4) is 0 Å². The highest BCUT2D eigenvalue weighted by molar-refractivity contribution is 7.10. The van der Waals surface area contributed by atoms with E-state index in [2.05, 4.69) is 9.97 Å². The number of aromatic nitrogens is 2. The van der Waals surface area contributed by atoms with Gasteiger partial charge in [0.25, 0.3) is 0 Å². The van der Waals surface area contributed by atoms with Gasteiger partial charge in [-0.25, -0.2) is 9.78 Å². The van der Waals surface area contributed by atoms with Crippen molar-refractivity contribution >= 4 is 34.7 Å². The number of thiophene rings is 1. The van der Waals surface area contributed by atoms with E-state index < -0.39 is 12.0 Å². The molecule has 0 aliphatic carbocycles. The molecule has 19 heavy (non-hydrogen) atoms. The smallest absolute Gasteiger partial charge is 0.331 e. The van der Waals surface area contributed by atoms with E-state index in [1.54, 1.807) is 22.4 Å². The van der Waals surface area contributed by atoms with Crippen LogP contribution in [-0.2, 0) is 11.2 Å². The number of carboxylic acid groups (broad SMARTS) is 1. The van der Waals surface area contributed by atoms with E-state index in [0.29, 0.717) is 12.4 Å². The number of nitrogens with zero attached hydrogens (tertiary/aromatic N) is 3. The molecule has 3 heterocycles. The normalized spacial score (nSPS) is 18.2. The molecule has 3 rings (SSSR count). The number of hydrogen-bond donors (Lipinski definition) is 1. The zero-order valence-electron chi connectivity index (χ0n) is 9.78. The van der Waals surface area contributed by atoms with Gasteiger partial charge in [-0.05, 0) is 23.4 Å². The monoisotopic (exact) mass is 295 g/mol. The maximum atomic E-state index is 11.6. The molecule has 0 radical (unpaired) electrons. The third kappa shape index (κ3) is 2.17. The van der Waals surface area contributed by atoms with E-state index in [-0.39, 0.29) is 5.15 Å². The Morgan fingerprint density at radius 3 is 3.11 bits per heavy atom. The number of hydrogen-bond acceptors (Lipinski definition) is 5. The molecule has 1 aliphatic rings. The predicted molar refractivity (Wildman–Crippen MR) is 72.8 cm³/mol. The van der Waals surface area contributed by atoms with Gasteiger partial charge in [-0.3, -0.25) is 4.98 Å². The van der Waals surface area contributed by atoms with Crippen molar-refractivity contribution in [1.29, 1.82) is 0 Å². The van der Waals surface area contributed by atoms with E-state index in [9.17, 15) is 9.90 Å². The highest BCUT2D eigenvalue weighted by Crippen LogP contribution is 2.35. The SMILES string of the molecule is O=C(O)C1c2ccsc2CCN1c1cncc(Cl)n1. The fourth-order valence-corrected chi connectivity index (χ4v) is 3.35. The van der Waals surface area contributed by atoms with E-state index in [1.807, 2.05) is 11.4 Å². The minimum Gasteiger partial charge on any atom is -0.479 e. The van der Waals surface area contributed by atoms with Gasteiger partial charge in [-0.15, -0.1) is 11.3 Å². The average molecular weight is 296 g/mol. The topological polar surface area (TPSA) is 66.3 Å². The molecule has 0 amide bonds. The molecule has 0 saturated carbocycles. The summed E-state index contributed by atoms with van der Waals surface area (Å²) in [4.78, 5) is 22.5. The molecule has 7 heteroatoms. The molecule has 1 atom stereocenters. The van der Waals surface area contributed by atoms with Gasteiger partial charge in [-0.2, -0.15) is 0 Å². The summed E-state index contributed by atoms with van der Waals surface area (Å²) in [6.45, 7) is 0.597. The van der Waals surface area contributed by atoms with Crippen LogP contribution in [0.2, 0.25) is 5.15 Å². The highest BCUT2D eigenvalue weighted by Gasteiger charge is 2.34. The van der Waals surface area contributed by atoms with Crippen molar-refractivity contribution in [3.8, 4) is 0 Å². The van der Waals surface area contributed by atoms with Gasteiger partial charge in [0.2, 0.25) is 0 Å². The molecular formula is C12H10ClN3O2S. The molecule has 2 aromatic rings. The summed E-state index contributed by atoms with van der Waals surface area (Å²) >= 11 is 7.42. The minimum atomic E-state index is -0.888. The molecule has 0 saturated heterocycles. The second kappa shape index (κ2) is 4.79. The molecule has 1 N–H and O–H groups in total. The summed E-state index contributed by atoms with van der Waals surface area (Å²) in [6.07, 6.45) is 3.78. The van der Waals surface area contributed by atoms with E-state index >= 15 is 0 Å². The van der Waals surface area contributed by atoms with Crippen LogP contribution in [0.4, 0.5) is 5.82 Å². The highest BCUT2D eigenvalue weighted by atomic mass is 35.5. The molecule has 1 aliphatic heterocycles. The lowest BCUT2D eigenvalue weighted by molar-refractivity contribution is -0.138. The Labute approximate surface area is 118 Å². The first-order chi connectivity index (χ1) is 9.16. The molecule has 98 valence electrons. The maximum Gasteiger partial charge on any atom is 0.331 e. The number of rotatable bonds is 2. The third-order valence-electron chi connectivity index (χ3n) is 3.09. The van der Waals surface area contributed by atoms with Gasteiger partial charge in [-0.1, -0.05) is 11.6 Å². The Kier molecular flexibility index (Phi) is 3.12. The minimum absolute atomic E-state index is 0.262. The van der Waals surface area contributed by atoms with Crippen molar-refractivity contribution in [2.24, 2.45) is 0 Å². The molecule has 1 unspecified atom stereocenters. The van der Waals surface area contributed by atoms with Crippen molar-refractivity contribution in [2.75, 3.05) is 11.4 Å². The quantitative estimate of drug-likeness (QED) is 0.921. The molecule has 0 fully saturated rings. The maximum absolute atomic E-state index is 11.6.